The number of nitrogens with zero attached hydrogens (tertiary/aromatic N) is 1. The molecule has 1 unspecified atom stereocenters. The predicted octanol–water partition coefficient (Wildman–Crippen LogP) is 3.17. The summed E-state index contributed by atoms with van der Waals surface area (Å²) < 4.78 is 0. The van der Waals surface area contributed by atoms with Crippen molar-refractivity contribution in [3.05, 3.63) is 65.7 Å². The van der Waals surface area contributed by atoms with Crippen LogP contribution in [0.3, 0.4) is 0 Å². The molecular weight excluding hydrogens is 234 g/mol. The van der Waals surface area contributed by atoms with Crippen molar-refractivity contribution in [2.45, 2.75) is 19.4 Å². The van der Waals surface area contributed by atoms with Gasteiger partial charge in [-0.15, -0.1) is 0 Å². The first-order valence-corrected chi connectivity index (χ1v) is 6.50. The first kappa shape index (κ1) is 11.9. The van der Waals surface area contributed by atoms with Crippen molar-refractivity contribution in [2.24, 2.45) is 5.73 Å². The molecular formula is C16H17N3. The Morgan fingerprint density at radius 1 is 1.16 bits per heavy atom. The molecule has 1 heterocycles. The van der Waals surface area contributed by atoms with E-state index in [0.29, 0.717) is 0 Å². The van der Waals surface area contributed by atoms with Gasteiger partial charge in [-0.25, -0.2) is 4.98 Å². The van der Waals surface area contributed by atoms with Gasteiger partial charge in [-0.1, -0.05) is 42.5 Å². The zero-order valence-corrected chi connectivity index (χ0v) is 10.9. The Hall–Kier alpha value is -2.13. The topological polar surface area (TPSA) is 54.7 Å². The lowest BCUT2D eigenvalue weighted by Gasteiger charge is -2.05. The third-order valence-electron chi connectivity index (χ3n) is 3.38. The molecule has 0 radical (unpaired) electrons. The number of aromatic amines is 1. The van der Waals surface area contributed by atoms with Crippen molar-refractivity contribution in [1.29, 1.82) is 0 Å². The average molecular weight is 251 g/mol. The van der Waals surface area contributed by atoms with Gasteiger partial charge in [0.1, 0.15) is 5.82 Å². The molecule has 3 rings (SSSR count). The average Bonchev–Trinajstić information content (AvgIpc) is 2.88. The molecule has 19 heavy (non-hydrogen) atoms. The zero-order chi connectivity index (χ0) is 13.2. The quantitative estimate of drug-likeness (QED) is 0.751. The number of imidazole rings is 1. The molecule has 0 fully saturated rings. The molecule has 0 aliphatic rings. The SMILES string of the molecule is CC(N)c1cnc(Cc2cccc3ccccc23)[nH]1. The molecule has 0 saturated carbocycles. The van der Waals surface area contributed by atoms with E-state index in [4.69, 9.17) is 5.73 Å². The number of nitrogens with one attached hydrogen (secondary N) is 1. The van der Waals surface area contributed by atoms with Crippen LogP contribution in [0, 0.1) is 0 Å². The van der Waals surface area contributed by atoms with Crippen LogP contribution in [0.4, 0.5) is 0 Å². The Balaban J connectivity index is 1.96. The van der Waals surface area contributed by atoms with Crippen LogP contribution in [0.2, 0.25) is 0 Å². The standard InChI is InChI=1S/C16H17N3/c1-11(17)15-10-18-16(19-15)9-13-7-4-6-12-5-2-3-8-14(12)13/h2-8,10-11H,9,17H2,1H3,(H,18,19). The summed E-state index contributed by atoms with van der Waals surface area (Å²) in [5, 5.41) is 2.54. The number of rotatable bonds is 3. The molecule has 0 bridgehead atoms. The van der Waals surface area contributed by atoms with Crippen molar-refractivity contribution in [3.63, 3.8) is 0 Å². The Kier molecular flexibility index (Phi) is 3.05. The van der Waals surface area contributed by atoms with E-state index in [1.54, 1.807) is 0 Å². The molecule has 0 amide bonds. The molecule has 1 aromatic heterocycles. The van der Waals surface area contributed by atoms with Gasteiger partial charge in [0.25, 0.3) is 0 Å². The minimum Gasteiger partial charge on any atom is -0.344 e. The van der Waals surface area contributed by atoms with Crippen LogP contribution in [0.5, 0.6) is 0 Å². The van der Waals surface area contributed by atoms with Gasteiger partial charge >= 0.3 is 0 Å². The van der Waals surface area contributed by atoms with Crippen molar-refractivity contribution >= 4 is 10.8 Å². The van der Waals surface area contributed by atoms with Crippen LogP contribution in [-0.4, -0.2) is 9.97 Å². The van der Waals surface area contributed by atoms with E-state index in [0.717, 1.165) is 17.9 Å². The monoisotopic (exact) mass is 251 g/mol. The number of fused-ring (bicyclic) bond motifs is 1. The Labute approximate surface area is 112 Å². The fraction of sp³-hybridized carbons (Fsp3) is 0.188. The molecule has 3 N–H and O–H groups in total. The second-order valence-electron chi connectivity index (χ2n) is 4.89. The smallest absolute Gasteiger partial charge is 0.110 e. The van der Waals surface area contributed by atoms with E-state index in [1.165, 1.54) is 16.3 Å². The largest absolute Gasteiger partial charge is 0.344 e. The Bertz CT molecular complexity index is 693. The second kappa shape index (κ2) is 4.86. The second-order valence-corrected chi connectivity index (χ2v) is 4.89. The molecule has 2 aromatic carbocycles. The van der Waals surface area contributed by atoms with Crippen molar-refractivity contribution < 1.29 is 0 Å². The number of benzene rings is 2. The molecule has 0 saturated heterocycles. The van der Waals surface area contributed by atoms with E-state index in [9.17, 15) is 0 Å². The molecule has 3 nitrogen and oxygen atoms in total. The highest BCUT2D eigenvalue weighted by molar-refractivity contribution is 5.85. The van der Waals surface area contributed by atoms with Gasteiger partial charge in [-0.3, -0.25) is 0 Å². The normalized spacial score (nSPS) is 12.7. The molecule has 3 aromatic rings. The van der Waals surface area contributed by atoms with Crippen molar-refractivity contribution in [2.75, 3.05) is 0 Å². The summed E-state index contributed by atoms with van der Waals surface area (Å²) in [6.07, 6.45) is 2.62. The van der Waals surface area contributed by atoms with Crippen molar-refractivity contribution in [1.82, 2.24) is 9.97 Å². The van der Waals surface area contributed by atoms with Gasteiger partial charge in [-0.05, 0) is 23.3 Å². The van der Waals surface area contributed by atoms with E-state index >= 15 is 0 Å². The first-order valence-electron chi connectivity index (χ1n) is 6.50. The van der Waals surface area contributed by atoms with Crippen LogP contribution >= 0.6 is 0 Å². The predicted molar refractivity (Wildman–Crippen MR) is 77.9 cm³/mol. The molecule has 96 valence electrons. The van der Waals surface area contributed by atoms with Crippen LogP contribution in [0.15, 0.2) is 48.7 Å². The van der Waals surface area contributed by atoms with Crippen molar-refractivity contribution in [3.8, 4) is 0 Å². The van der Waals surface area contributed by atoms with Gasteiger partial charge < -0.3 is 10.7 Å². The summed E-state index contributed by atoms with van der Waals surface area (Å²) >= 11 is 0. The summed E-state index contributed by atoms with van der Waals surface area (Å²) in [4.78, 5) is 7.69. The van der Waals surface area contributed by atoms with Gasteiger partial charge in [0.05, 0.1) is 5.69 Å². The van der Waals surface area contributed by atoms with Gasteiger partial charge in [0, 0.05) is 18.7 Å². The fourth-order valence-corrected chi connectivity index (χ4v) is 2.33. The number of H-pyrrole nitrogens is 1. The minimum atomic E-state index is -0.00577. The summed E-state index contributed by atoms with van der Waals surface area (Å²) in [6.45, 7) is 1.95. The molecule has 0 aliphatic heterocycles. The van der Waals surface area contributed by atoms with Gasteiger partial charge in [0.15, 0.2) is 0 Å². The summed E-state index contributed by atoms with van der Waals surface area (Å²) in [5.74, 6) is 0.962. The fourth-order valence-electron chi connectivity index (χ4n) is 2.33. The van der Waals surface area contributed by atoms with E-state index in [-0.39, 0.29) is 6.04 Å². The number of hydrogen-bond acceptors (Lipinski definition) is 2. The zero-order valence-electron chi connectivity index (χ0n) is 10.9. The van der Waals surface area contributed by atoms with E-state index in [2.05, 4.69) is 52.4 Å². The van der Waals surface area contributed by atoms with E-state index in [1.807, 2.05) is 13.1 Å². The number of hydrogen-bond donors (Lipinski definition) is 2. The van der Waals surface area contributed by atoms with Crippen LogP contribution in [0.1, 0.15) is 30.0 Å². The number of nitrogens with two attached hydrogens (primary N) is 1. The Morgan fingerprint density at radius 3 is 2.74 bits per heavy atom. The van der Waals surface area contributed by atoms with Crippen LogP contribution < -0.4 is 5.73 Å². The van der Waals surface area contributed by atoms with Crippen LogP contribution in [-0.2, 0) is 6.42 Å². The third kappa shape index (κ3) is 2.37. The summed E-state index contributed by atoms with van der Waals surface area (Å²) in [5.41, 5.74) is 8.10. The van der Waals surface area contributed by atoms with E-state index < -0.39 is 0 Å². The molecule has 1 atom stereocenters. The third-order valence-corrected chi connectivity index (χ3v) is 3.38. The maximum atomic E-state index is 5.84. The van der Waals surface area contributed by atoms with Gasteiger partial charge in [0.2, 0.25) is 0 Å². The summed E-state index contributed by atoms with van der Waals surface area (Å²) in [7, 11) is 0. The highest BCUT2D eigenvalue weighted by Gasteiger charge is 2.07. The molecule has 3 heteroatoms. The highest BCUT2D eigenvalue weighted by Crippen LogP contribution is 2.20. The molecule has 0 spiro atoms. The van der Waals surface area contributed by atoms with Crippen LogP contribution in [0.25, 0.3) is 10.8 Å². The maximum Gasteiger partial charge on any atom is 0.110 e. The lowest BCUT2D eigenvalue weighted by molar-refractivity contribution is 0.784. The number of aromatic nitrogens is 2. The van der Waals surface area contributed by atoms with Gasteiger partial charge in [-0.2, -0.15) is 0 Å². The lowest BCUT2D eigenvalue weighted by atomic mass is 10.0. The molecule has 0 aliphatic carbocycles. The lowest BCUT2D eigenvalue weighted by Crippen LogP contribution is -2.05. The highest BCUT2D eigenvalue weighted by atomic mass is 14.9. The minimum absolute atomic E-state index is 0.00577. The maximum absolute atomic E-state index is 5.84. The first-order chi connectivity index (χ1) is 9.24. The summed E-state index contributed by atoms with van der Waals surface area (Å²) in [6, 6.07) is 14.8. The Morgan fingerprint density at radius 2 is 1.95 bits per heavy atom.